The summed E-state index contributed by atoms with van der Waals surface area (Å²) in [6.07, 6.45) is 3.16. The van der Waals surface area contributed by atoms with E-state index < -0.39 is 0 Å². The molecule has 0 spiro atoms. The van der Waals surface area contributed by atoms with Gasteiger partial charge in [-0.05, 0) is 53.6 Å². The highest BCUT2D eigenvalue weighted by molar-refractivity contribution is 9.09. The molecule has 0 amide bonds. The van der Waals surface area contributed by atoms with E-state index >= 15 is 0 Å². The SMILES string of the molecule is CCc1ccc(C(Br)Cc2cccc(OC)c2)cc1CC. The summed E-state index contributed by atoms with van der Waals surface area (Å²) in [5.41, 5.74) is 5.56. The second kappa shape index (κ2) is 7.65. The van der Waals surface area contributed by atoms with Gasteiger partial charge in [0.2, 0.25) is 0 Å². The van der Waals surface area contributed by atoms with Gasteiger partial charge in [0.15, 0.2) is 0 Å². The van der Waals surface area contributed by atoms with Crippen molar-refractivity contribution in [2.75, 3.05) is 7.11 Å². The van der Waals surface area contributed by atoms with Gasteiger partial charge in [0.05, 0.1) is 7.11 Å². The van der Waals surface area contributed by atoms with Crippen LogP contribution in [-0.2, 0) is 19.3 Å². The first kappa shape index (κ1) is 16.1. The van der Waals surface area contributed by atoms with Crippen LogP contribution >= 0.6 is 15.9 Å². The Balaban J connectivity index is 2.17. The summed E-state index contributed by atoms with van der Waals surface area (Å²) in [7, 11) is 1.71. The van der Waals surface area contributed by atoms with Gasteiger partial charge in [0.1, 0.15) is 5.75 Å². The van der Waals surface area contributed by atoms with Crippen LogP contribution < -0.4 is 4.74 Å². The number of rotatable bonds is 6. The topological polar surface area (TPSA) is 9.23 Å². The van der Waals surface area contributed by atoms with Crippen molar-refractivity contribution in [3.05, 3.63) is 64.7 Å². The van der Waals surface area contributed by atoms with Crippen molar-refractivity contribution >= 4 is 15.9 Å². The van der Waals surface area contributed by atoms with Crippen molar-refractivity contribution in [1.82, 2.24) is 0 Å². The number of halogens is 1. The molecule has 1 unspecified atom stereocenters. The van der Waals surface area contributed by atoms with Gasteiger partial charge < -0.3 is 4.74 Å². The number of methoxy groups -OCH3 is 1. The summed E-state index contributed by atoms with van der Waals surface area (Å²) in [6, 6.07) is 15.2. The molecule has 0 N–H and O–H groups in total. The lowest BCUT2D eigenvalue weighted by atomic mass is 9.97. The monoisotopic (exact) mass is 346 g/mol. The van der Waals surface area contributed by atoms with Gasteiger partial charge in [-0.25, -0.2) is 0 Å². The van der Waals surface area contributed by atoms with E-state index in [0.717, 1.165) is 25.0 Å². The van der Waals surface area contributed by atoms with Crippen LogP contribution in [0.5, 0.6) is 5.75 Å². The van der Waals surface area contributed by atoms with Crippen LogP contribution in [0.1, 0.15) is 40.9 Å². The van der Waals surface area contributed by atoms with Crippen molar-refractivity contribution in [1.29, 1.82) is 0 Å². The van der Waals surface area contributed by atoms with Crippen LogP contribution in [0.2, 0.25) is 0 Å². The predicted octanol–water partition coefficient (Wildman–Crippen LogP) is 5.50. The second-order valence-electron chi connectivity index (χ2n) is 5.26. The van der Waals surface area contributed by atoms with Crippen molar-refractivity contribution in [2.45, 2.75) is 37.9 Å². The van der Waals surface area contributed by atoms with Crippen LogP contribution in [-0.4, -0.2) is 7.11 Å². The van der Waals surface area contributed by atoms with Gasteiger partial charge >= 0.3 is 0 Å². The van der Waals surface area contributed by atoms with E-state index in [0.29, 0.717) is 4.83 Å². The number of ether oxygens (including phenoxy) is 1. The molecule has 2 rings (SSSR count). The van der Waals surface area contributed by atoms with E-state index in [-0.39, 0.29) is 0 Å². The van der Waals surface area contributed by atoms with Crippen LogP contribution in [0.25, 0.3) is 0 Å². The largest absolute Gasteiger partial charge is 0.497 e. The third-order valence-electron chi connectivity index (χ3n) is 3.90. The first-order valence-electron chi connectivity index (χ1n) is 7.56. The van der Waals surface area contributed by atoms with E-state index in [1.54, 1.807) is 7.11 Å². The lowest BCUT2D eigenvalue weighted by Crippen LogP contribution is -1.99. The fourth-order valence-corrected chi connectivity index (χ4v) is 3.30. The minimum absolute atomic E-state index is 0.334. The minimum Gasteiger partial charge on any atom is -0.497 e. The molecule has 0 saturated carbocycles. The van der Waals surface area contributed by atoms with Gasteiger partial charge in [-0.3, -0.25) is 0 Å². The van der Waals surface area contributed by atoms with Crippen LogP contribution in [0.15, 0.2) is 42.5 Å². The maximum atomic E-state index is 5.29. The number of benzene rings is 2. The van der Waals surface area contributed by atoms with E-state index in [2.05, 4.69) is 60.1 Å². The van der Waals surface area contributed by atoms with Crippen molar-refractivity contribution in [3.8, 4) is 5.75 Å². The first-order chi connectivity index (χ1) is 10.2. The van der Waals surface area contributed by atoms with Gasteiger partial charge in [0, 0.05) is 4.83 Å². The summed E-state index contributed by atoms with van der Waals surface area (Å²) >= 11 is 3.84. The standard InChI is InChI=1S/C19H23BrO/c1-4-15-9-10-17(13-16(15)5-2)19(20)12-14-7-6-8-18(11-14)21-3/h6-11,13,19H,4-5,12H2,1-3H3. The van der Waals surface area contributed by atoms with E-state index in [1.807, 2.05) is 12.1 Å². The highest BCUT2D eigenvalue weighted by Crippen LogP contribution is 2.30. The fourth-order valence-electron chi connectivity index (χ4n) is 2.64. The van der Waals surface area contributed by atoms with Gasteiger partial charge in [0.25, 0.3) is 0 Å². The summed E-state index contributed by atoms with van der Waals surface area (Å²) in [4.78, 5) is 0.334. The molecule has 2 heteroatoms. The van der Waals surface area contributed by atoms with Gasteiger partial charge in [-0.15, -0.1) is 0 Å². The molecule has 0 aliphatic rings. The Morgan fingerprint density at radius 3 is 2.43 bits per heavy atom. The molecule has 0 aromatic heterocycles. The maximum Gasteiger partial charge on any atom is 0.119 e. The lowest BCUT2D eigenvalue weighted by Gasteiger charge is -2.14. The average Bonchev–Trinajstić information content (AvgIpc) is 2.54. The lowest BCUT2D eigenvalue weighted by molar-refractivity contribution is 0.414. The summed E-state index contributed by atoms with van der Waals surface area (Å²) in [5, 5.41) is 0. The summed E-state index contributed by atoms with van der Waals surface area (Å²) in [5.74, 6) is 0.919. The quantitative estimate of drug-likeness (QED) is 0.627. The van der Waals surface area contributed by atoms with Gasteiger partial charge in [-0.1, -0.05) is 60.1 Å². The number of aryl methyl sites for hydroxylation is 2. The van der Waals surface area contributed by atoms with Crippen LogP contribution in [0.4, 0.5) is 0 Å². The smallest absolute Gasteiger partial charge is 0.119 e. The average molecular weight is 347 g/mol. The number of alkyl halides is 1. The molecule has 0 bridgehead atoms. The molecular formula is C19H23BrO. The molecule has 0 aliphatic heterocycles. The second-order valence-corrected chi connectivity index (χ2v) is 6.36. The Morgan fingerprint density at radius 2 is 1.76 bits per heavy atom. The van der Waals surface area contributed by atoms with E-state index in [9.17, 15) is 0 Å². The molecule has 112 valence electrons. The third kappa shape index (κ3) is 4.10. The predicted molar refractivity (Wildman–Crippen MR) is 93.6 cm³/mol. The van der Waals surface area contributed by atoms with Crippen molar-refractivity contribution < 1.29 is 4.74 Å². The zero-order valence-electron chi connectivity index (χ0n) is 13.0. The normalized spacial score (nSPS) is 12.2. The Labute approximate surface area is 136 Å². The van der Waals surface area contributed by atoms with E-state index in [4.69, 9.17) is 4.74 Å². The van der Waals surface area contributed by atoms with Crippen molar-refractivity contribution in [3.63, 3.8) is 0 Å². The number of hydrogen-bond acceptors (Lipinski definition) is 1. The Kier molecular flexibility index (Phi) is 5.86. The van der Waals surface area contributed by atoms with E-state index in [1.165, 1.54) is 22.3 Å². The molecule has 2 aromatic rings. The third-order valence-corrected chi connectivity index (χ3v) is 4.76. The first-order valence-corrected chi connectivity index (χ1v) is 8.48. The molecular weight excluding hydrogens is 324 g/mol. The number of hydrogen-bond donors (Lipinski definition) is 0. The zero-order valence-corrected chi connectivity index (χ0v) is 14.6. The Morgan fingerprint density at radius 1 is 1.00 bits per heavy atom. The molecule has 0 radical (unpaired) electrons. The highest BCUT2D eigenvalue weighted by Gasteiger charge is 2.11. The highest BCUT2D eigenvalue weighted by atomic mass is 79.9. The minimum atomic E-state index is 0.334. The maximum absolute atomic E-state index is 5.29. The van der Waals surface area contributed by atoms with Crippen LogP contribution in [0.3, 0.4) is 0 Å². The molecule has 0 heterocycles. The molecule has 0 aliphatic carbocycles. The fraction of sp³-hybridized carbons (Fsp3) is 0.368. The van der Waals surface area contributed by atoms with Crippen molar-refractivity contribution in [2.24, 2.45) is 0 Å². The molecule has 0 saturated heterocycles. The van der Waals surface area contributed by atoms with Gasteiger partial charge in [-0.2, -0.15) is 0 Å². The Hall–Kier alpha value is -1.28. The molecule has 1 nitrogen and oxygen atoms in total. The molecule has 1 atom stereocenters. The summed E-state index contributed by atoms with van der Waals surface area (Å²) < 4.78 is 5.29. The zero-order chi connectivity index (χ0) is 15.2. The Bertz CT molecular complexity index is 592. The molecule has 0 fully saturated rings. The molecule has 21 heavy (non-hydrogen) atoms. The molecule has 2 aromatic carbocycles. The summed E-state index contributed by atoms with van der Waals surface area (Å²) in [6.45, 7) is 4.44. The van der Waals surface area contributed by atoms with Crippen LogP contribution in [0, 0.1) is 0 Å².